The number of nitrogens with one attached hydrogen (secondary N) is 1. The molecule has 1 N–H and O–H groups in total. The molecule has 0 radical (unpaired) electrons. The Kier molecular flexibility index (Phi) is 7.77. The van der Waals surface area contributed by atoms with E-state index in [1.54, 1.807) is 0 Å². The van der Waals surface area contributed by atoms with E-state index in [2.05, 4.69) is 17.1 Å². The second kappa shape index (κ2) is 8.80. The van der Waals surface area contributed by atoms with Gasteiger partial charge in [0.25, 0.3) is 0 Å². The third-order valence-electron chi connectivity index (χ3n) is 4.47. The van der Waals surface area contributed by atoms with E-state index in [1.807, 2.05) is 0 Å². The molecule has 1 aliphatic carbocycles. The zero-order valence-electron chi connectivity index (χ0n) is 12.2. The smallest absolute Gasteiger partial charge is 0.223 e. The maximum absolute atomic E-state index is 12.5. The first-order valence-corrected chi connectivity index (χ1v) is 7.81. The van der Waals surface area contributed by atoms with Crippen molar-refractivity contribution in [3.8, 4) is 0 Å². The average molecular weight is 289 g/mol. The summed E-state index contributed by atoms with van der Waals surface area (Å²) < 4.78 is 0. The fraction of sp³-hybridized carbons (Fsp3) is 0.933. The van der Waals surface area contributed by atoms with Gasteiger partial charge in [0.05, 0.1) is 0 Å². The molecule has 2 aliphatic rings. The molecule has 0 aromatic heterocycles. The summed E-state index contributed by atoms with van der Waals surface area (Å²) in [4.78, 5) is 14.7. The first-order valence-electron chi connectivity index (χ1n) is 7.81. The number of hydrogen-bond donors (Lipinski definition) is 1. The molecule has 0 spiro atoms. The van der Waals surface area contributed by atoms with Crippen LogP contribution in [0.25, 0.3) is 0 Å². The van der Waals surface area contributed by atoms with Crippen LogP contribution < -0.4 is 5.32 Å². The van der Waals surface area contributed by atoms with Gasteiger partial charge in [-0.3, -0.25) is 4.79 Å². The van der Waals surface area contributed by atoms with Crippen molar-refractivity contribution < 1.29 is 4.79 Å². The molecule has 1 heterocycles. The van der Waals surface area contributed by atoms with Crippen molar-refractivity contribution in [3.63, 3.8) is 0 Å². The van der Waals surface area contributed by atoms with Gasteiger partial charge in [-0.2, -0.15) is 0 Å². The van der Waals surface area contributed by atoms with E-state index in [0.717, 1.165) is 45.3 Å². The summed E-state index contributed by atoms with van der Waals surface area (Å²) >= 11 is 0. The van der Waals surface area contributed by atoms with E-state index in [4.69, 9.17) is 0 Å². The summed E-state index contributed by atoms with van der Waals surface area (Å²) in [5.74, 6) is 1.11. The van der Waals surface area contributed by atoms with Crippen molar-refractivity contribution in [2.45, 2.75) is 64.3 Å². The molecular weight excluding hydrogens is 260 g/mol. The third kappa shape index (κ3) is 4.96. The Hall–Kier alpha value is -0.280. The first kappa shape index (κ1) is 16.8. The second-order valence-electron chi connectivity index (χ2n) is 5.92. The van der Waals surface area contributed by atoms with E-state index in [0.29, 0.717) is 17.9 Å². The molecule has 112 valence electrons. The molecule has 2 rings (SSSR count). The highest BCUT2D eigenvalue weighted by Crippen LogP contribution is 2.28. The molecule has 0 unspecified atom stereocenters. The summed E-state index contributed by atoms with van der Waals surface area (Å²) in [7, 11) is 0. The standard InChI is InChI=1S/C15H28N2O.ClH/c1-2-11-17(14-7-9-16-10-8-14)15(18)12-13-5-3-4-6-13;/h13-14,16H,2-12H2,1H3;1H. The maximum Gasteiger partial charge on any atom is 0.223 e. The van der Waals surface area contributed by atoms with Gasteiger partial charge in [-0.15, -0.1) is 12.4 Å². The van der Waals surface area contributed by atoms with Gasteiger partial charge in [0.15, 0.2) is 0 Å². The van der Waals surface area contributed by atoms with Gasteiger partial charge < -0.3 is 10.2 Å². The van der Waals surface area contributed by atoms with Crippen molar-refractivity contribution >= 4 is 18.3 Å². The van der Waals surface area contributed by atoms with Crippen LogP contribution >= 0.6 is 12.4 Å². The van der Waals surface area contributed by atoms with E-state index in [1.165, 1.54) is 25.7 Å². The predicted molar refractivity (Wildman–Crippen MR) is 81.7 cm³/mol. The van der Waals surface area contributed by atoms with Crippen LogP contribution in [0.4, 0.5) is 0 Å². The number of amides is 1. The predicted octanol–water partition coefficient (Wildman–Crippen LogP) is 2.98. The molecule has 1 saturated carbocycles. The van der Waals surface area contributed by atoms with Crippen LogP contribution in [-0.2, 0) is 4.79 Å². The van der Waals surface area contributed by atoms with Crippen LogP contribution in [0, 0.1) is 5.92 Å². The zero-order chi connectivity index (χ0) is 12.8. The molecule has 1 amide bonds. The minimum absolute atomic E-state index is 0. The van der Waals surface area contributed by atoms with Crippen molar-refractivity contribution in [2.75, 3.05) is 19.6 Å². The monoisotopic (exact) mass is 288 g/mol. The maximum atomic E-state index is 12.5. The minimum atomic E-state index is 0. The molecule has 0 atom stereocenters. The van der Waals surface area contributed by atoms with Crippen LogP contribution in [0.2, 0.25) is 0 Å². The molecule has 0 aromatic rings. The molecular formula is C15H29ClN2O. The van der Waals surface area contributed by atoms with Crippen LogP contribution in [0.15, 0.2) is 0 Å². The summed E-state index contributed by atoms with van der Waals surface area (Å²) in [6, 6.07) is 0.500. The van der Waals surface area contributed by atoms with Gasteiger partial charge in [0.1, 0.15) is 0 Å². The SMILES string of the molecule is CCCN(C(=O)CC1CCCC1)C1CCNCC1.Cl. The van der Waals surface area contributed by atoms with Gasteiger partial charge in [-0.1, -0.05) is 19.8 Å². The number of rotatable bonds is 5. The van der Waals surface area contributed by atoms with Crippen LogP contribution in [0.5, 0.6) is 0 Å². The fourth-order valence-electron chi connectivity index (χ4n) is 3.45. The van der Waals surface area contributed by atoms with E-state index >= 15 is 0 Å². The van der Waals surface area contributed by atoms with Gasteiger partial charge in [-0.25, -0.2) is 0 Å². The van der Waals surface area contributed by atoms with Crippen molar-refractivity contribution in [1.82, 2.24) is 10.2 Å². The van der Waals surface area contributed by atoms with Crippen LogP contribution in [0.3, 0.4) is 0 Å². The molecule has 2 fully saturated rings. The Labute approximate surface area is 123 Å². The lowest BCUT2D eigenvalue weighted by molar-refractivity contribution is -0.135. The Morgan fingerprint density at radius 1 is 1.16 bits per heavy atom. The van der Waals surface area contributed by atoms with Gasteiger partial charge >= 0.3 is 0 Å². The van der Waals surface area contributed by atoms with Gasteiger partial charge in [0, 0.05) is 19.0 Å². The number of hydrogen-bond acceptors (Lipinski definition) is 2. The van der Waals surface area contributed by atoms with Crippen molar-refractivity contribution in [2.24, 2.45) is 5.92 Å². The Balaban J connectivity index is 0.00000180. The second-order valence-corrected chi connectivity index (χ2v) is 5.92. The first-order chi connectivity index (χ1) is 8.81. The molecule has 0 bridgehead atoms. The van der Waals surface area contributed by atoms with Crippen molar-refractivity contribution in [3.05, 3.63) is 0 Å². The average Bonchev–Trinajstić information content (AvgIpc) is 2.89. The highest BCUT2D eigenvalue weighted by molar-refractivity contribution is 5.85. The number of carbonyl (C=O) groups is 1. The number of halogens is 1. The molecule has 3 nitrogen and oxygen atoms in total. The van der Waals surface area contributed by atoms with E-state index < -0.39 is 0 Å². The number of piperidine rings is 1. The lowest BCUT2D eigenvalue weighted by Gasteiger charge is -2.35. The molecule has 19 heavy (non-hydrogen) atoms. The quantitative estimate of drug-likeness (QED) is 0.843. The highest BCUT2D eigenvalue weighted by Gasteiger charge is 2.27. The third-order valence-corrected chi connectivity index (χ3v) is 4.47. The minimum Gasteiger partial charge on any atom is -0.340 e. The molecule has 1 aliphatic heterocycles. The lowest BCUT2D eigenvalue weighted by Crippen LogP contribution is -2.46. The zero-order valence-corrected chi connectivity index (χ0v) is 13.0. The molecule has 0 aromatic carbocycles. The highest BCUT2D eigenvalue weighted by atomic mass is 35.5. The topological polar surface area (TPSA) is 32.3 Å². The Bertz CT molecular complexity index is 261. The largest absolute Gasteiger partial charge is 0.340 e. The normalized spacial score (nSPS) is 21.1. The number of nitrogens with zero attached hydrogens (tertiary/aromatic N) is 1. The van der Waals surface area contributed by atoms with E-state index in [9.17, 15) is 4.79 Å². The summed E-state index contributed by atoms with van der Waals surface area (Å²) in [5.41, 5.74) is 0. The molecule has 1 saturated heterocycles. The Morgan fingerprint density at radius 2 is 1.79 bits per heavy atom. The lowest BCUT2D eigenvalue weighted by atomic mass is 10.00. The Morgan fingerprint density at radius 3 is 2.37 bits per heavy atom. The summed E-state index contributed by atoms with van der Waals surface area (Å²) in [5, 5.41) is 3.39. The van der Waals surface area contributed by atoms with Crippen molar-refractivity contribution in [1.29, 1.82) is 0 Å². The van der Waals surface area contributed by atoms with Crippen LogP contribution in [-0.4, -0.2) is 36.5 Å². The number of carbonyl (C=O) groups excluding carboxylic acids is 1. The van der Waals surface area contributed by atoms with Crippen LogP contribution in [0.1, 0.15) is 58.3 Å². The van der Waals surface area contributed by atoms with Gasteiger partial charge in [0.2, 0.25) is 5.91 Å². The summed E-state index contributed by atoms with van der Waals surface area (Å²) in [6.45, 7) is 5.27. The van der Waals surface area contributed by atoms with E-state index in [-0.39, 0.29) is 12.4 Å². The molecule has 4 heteroatoms. The summed E-state index contributed by atoms with van der Waals surface area (Å²) in [6.07, 6.45) is 9.38. The van der Waals surface area contributed by atoms with Gasteiger partial charge in [-0.05, 0) is 51.1 Å². The fourth-order valence-corrected chi connectivity index (χ4v) is 3.45.